The summed E-state index contributed by atoms with van der Waals surface area (Å²) in [5, 5.41) is 0. The van der Waals surface area contributed by atoms with Crippen molar-refractivity contribution in [1.29, 1.82) is 0 Å². The molecule has 1 aliphatic carbocycles. The minimum Gasteiger partial charge on any atom is -0.309 e. The van der Waals surface area contributed by atoms with E-state index < -0.39 is 0 Å². The summed E-state index contributed by atoms with van der Waals surface area (Å²) in [4.78, 5) is 2.64. The van der Waals surface area contributed by atoms with Crippen LogP contribution >= 0.6 is 0 Å². The molecule has 1 aliphatic heterocycles. The van der Waals surface area contributed by atoms with E-state index in [0.29, 0.717) is 5.41 Å². The van der Waals surface area contributed by atoms with Gasteiger partial charge in [-0.05, 0) is 26.9 Å². The molecule has 1 saturated carbocycles. The molecule has 1 nitrogen and oxygen atoms in total. The fourth-order valence-corrected chi connectivity index (χ4v) is 2.60. The van der Waals surface area contributed by atoms with Crippen molar-refractivity contribution in [2.45, 2.75) is 52.5 Å². The summed E-state index contributed by atoms with van der Waals surface area (Å²) in [6.45, 7) is 9.65. The van der Waals surface area contributed by atoms with Crippen molar-refractivity contribution < 1.29 is 0 Å². The van der Waals surface area contributed by atoms with Crippen LogP contribution in [0.3, 0.4) is 0 Å². The summed E-state index contributed by atoms with van der Waals surface area (Å²) < 4.78 is 0. The van der Waals surface area contributed by atoms with Gasteiger partial charge in [0.2, 0.25) is 0 Å². The Morgan fingerprint density at radius 1 is 1.14 bits per heavy atom. The zero-order valence-corrected chi connectivity index (χ0v) is 11.7. The smallest absolute Gasteiger partial charge is 0.00375 e. The van der Waals surface area contributed by atoms with E-state index in [2.05, 4.69) is 25.7 Å². The van der Waals surface area contributed by atoms with Gasteiger partial charge in [0.25, 0.3) is 0 Å². The molecule has 1 spiro atoms. The molecular formula is C12H22LrN-. The molecule has 1 heterocycles. The summed E-state index contributed by atoms with van der Waals surface area (Å²) in [6, 6.07) is 0.738. The second kappa shape index (κ2) is 3.61. The van der Waals surface area contributed by atoms with Crippen molar-refractivity contribution in [2.75, 3.05) is 13.1 Å². The third-order valence-electron chi connectivity index (χ3n) is 4.14. The van der Waals surface area contributed by atoms with Crippen LogP contribution in [0.1, 0.15) is 46.5 Å². The van der Waals surface area contributed by atoms with E-state index in [1.165, 1.54) is 38.8 Å². The molecule has 0 bridgehead atoms. The van der Waals surface area contributed by atoms with Crippen LogP contribution in [0.2, 0.25) is 0 Å². The van der Waals surface area contributed by atoms with Crippen LogP contribution < -0.4 is 0 Å². The van der Waals surface area contributed by atoms with Gasteiger partial charge in [0.15, 0.2) is 0 Å². The molecule has 0 aromatic rings. The first-order valence-corrected chi connectivity index (χ1v) is 5.71. The minimum atomic E-state index is 0. The van der Waals surface area contributed by atoms with Gasteiger partial charge in [0.05, 0.1) is 0 Å². The monoisotopic (exact) mass is 442 g/mol. The van der Waals surface area contributed by atoms with E-state index in [1.807, 2.05) is 0 Å². The first-order chi connectivity index (χ1) is 6.14. The van der Waals surface area contributed by atoms with Crippen molar-refractivity contribution in [3.8, 4) is 0 Å². The Kier molecular flexibility index (Phi) is 2.84. The fraction of sp³-hybridized carbons (Fsp3) is 0.917. The molecule has 0 unspecified atom stereocenters. The number of nitrogens with zero attached hydrogens (tertiary/aromatic N) is 1. The van der Waals surface area contributed by atoms with Crippen molar-refractivity contribution in [3.05, 3.63) is 5.92 Å². The number of likely N-dealkylation sites (tertiary alicyclic amines) is 1. The molecule has 0 aromatic carbocycles. The topological polar surface area (TPSA) is 3.24 Å². The summed E-state index contributed by atoms with van der Waals surface area (Å²) in [7, 11) is 0. The molecule has 0 atom stereocenters. The molecule has 2 fully saturated rings. The molecule has 2 aliphatic rings. The molecule has 14 heavy (non-hydrogen) atoms. The third-order valence-corrected chi connectivity index (χ3v) is 4.14. The van der Waals surface area contributed by atoms with E-state index in [1.54, 1.807) is 5.92 Å². The molecule has 0 amide bonds. The van der Waals surface area contributed by atoms with E-state index in [9.17, 15) is 0 Å². The molecule has 0 aromatic heterocycles. The molecule has 2 heteroatoms. The Labute approximate surface area is 82.5 Å². The van der Waals surface area contributed by atoms with E-state index in [4.69, 9.17) is 0 Å². The van der Waals surface area contributed by atoms with E-state index in [-0.39, 0.29) is 0 Å². The van der Waals surface area contributed by atoms with Gasteiger partial charge in [-0.2, -0.15) is 18.8 Å². The van der Waals surface area contributed by atoms with Gasteiger partial charge in [-0.25, -0.2) is 0 Å². The SMILES string of the molecule is C[C-]1CCN(C(C)C)CCC12CC2.[Lr]. The van der Waals surface area contributed by atoms with Crippen LogP contribution in [0.25, 0.3) is 0 Å². The predicted octanol–water partition coefficient (Wildman–Crippen LogP) is 2.87. The Hall–Kier alpha value is -1.04. The average Bonchev–Trinajstić information content (AvgIpc) is 2.85. The zero-order chi connectivity index (χ0) is 9.47. The van der Waals surface area contributed by atoms with Crippen molar-refractivity contribution in [1.82, 2.24) is 4.90 Å². The molecule has 1 saturated heterocycles. The van der Waals surface area contributed by atoms with Crippen LogP contribution in [0.4, 0.5) is 0 Å². The van der Waals surface area contributed by atoms with Crippen LogP contribution in [0.5, 0.6) is 0 Å². The number of rotatable bonds is 1. The Morgan fingerprint density at radius 2 is 1.79 bits per heavy atom. The number of hydrogen-bond acceptors (Lipinski definition) is 1. The third kappa shape index (κ3) is 1.75. The molecule has 91 valence electrons. The molecular weight excluding hydrogens is 420 g/mol. The maximum Gasteiger partial charge on any atom is 0.00375 e. The minimum absolute atomic E-state index is 0. The molecule has 1 radical (unpaired) electrons. The van der Waals surface area contributed by atoms with Crippen molar-refractivity contribution in [2.24, 2.45) is 5.41 Å². The van der Waals surface area contributed by atoms with Gasteiger partial charge >= 0.3 is 0 Å². The standard InChI is InChI=1S/C12H22N.Lr/c1-10(2)13-8-4-11(3)12(5-6-12)7-9-13;/h10H,4-9H2,1-3H3;/q-1;. The van der Waals surface area contributed by atoms with Gasteiger partial charge in [-0.3, -0.25) is 0 Å². The average molecular weight is 442 g/mol. The Bertz CT molecular complexity index is 187. The van der Waals surface area contributed by atoms with E-state index in [0.717, 1.165) is 6.04 Å². The van der Waals surface area contributed by atoms with Crippen LogP contribution in [0.15, 0.2) is 0 Å². The predicted molar refractivity (Wildman–Crippen MR) is 56.5 cm³/mol. The van der Waals surface area contributed by atoms with Gasteiger partial charge in [0, 0.05) is 6.04 Å². The molecule has 2 rings (SSSR count). The quantitative estimate of drug-likeness (QED) is 0.565. The van der Waals surface area contributed by atoms with Gasteiger partial charge in [0.1, 0.15) is 0 Å². The summed E-state index contributed by atoms with van der Waals surface area (Å²) >= 11 is 0. The fourth-order valence-electron chi connectivity index (χ4n) is 2.60. The van der Waals surface area contributed by atoms with Crippen LogP contribution in [-0.4, -0.2) is 24.0 Å². The second-order valence-electron chi connectivity index (χ2n) is 5.19. The maximum atomic E-state index is 2.64. The van der Waals surface area contributed by atoms with E-state index >= 15 is 0 Å². The normalized spacial score (nSPS) is 27.4. The van der Waals surface area contributed by atoms with Crippen molar-refractivity contribution >= 4 is 0 Å². The van der Waals surface area contributed by atoms with Crippen molar-refractivity contribution in [3.63, 3.8) is 0 Å². The van der Waals surface area contributed by atoms with Crippen LogP contribution in [-0.2, 0) is 0 Å². The maximum absolute atomic E-state index is 2.64. The first kappa shape index (κ1) is 11.0. The Balaban J connectivity index is 0.000000980. The first-order valence-electron chi connectivity index (χ1n) is 5.71. The summed E-state index contributed by atoms with van der Waals surface area (Å²) in [5.41, 5.74) is 0.712. The Morgan fingerprint density at radius 3 is 2.29 bits per heavy atom. The molecule has 0 N–H and O–H groups in total. The summed E-state index contributed by atoms with van der Waals surface area (Å²) in [6.07, 6.45) is 5.73. The second-order valence-corrected chi connectivity index (χ2v) is 5.19. The van der Waals surface area contributed by atoms with Crippen LogP contribution in [0, 0.1) is 11.3 Å². The number of hydrogen-bond donors (Lipinski definition) is 0. The summed E-state index contributed by atoms with van der Waals surface area (Å²) in [5.74, 6) is 1.79. The van der Waals surface area contributed by atoms with Gasteiger partial charge in [-0.1, -0.05) is 19.3 Å². The zero-order valence-electron chi connectivity index (χ0n) is 9.53. The van der Waals surface area contributed by atoms with Gasteiger partial charge in [-0.15, -0.1) is 0 Å². The van der Waals surface area contributed by atoms with Gasteiger partial charge < -0.3 is 10.8 Å². The largest absolute Gasteiger partial charge is 0.309 e.